The summed E-state index contributed by atoms with van der Waals surface area (Å²) in [7, 11) is 0. The van der Waals surface area contributed by atoms with Crippen LogP contribution in [-0.2, 0) is 6.42 Å². The standard InChI is InChI=1S/C11H9BrN2OS2/c1-2-10-13-11(17-14-10)16-9-4-3-8(12)5-7(9)6-15/h3-6H,2H2,1H3. The van der Waals surface area contributed by atoms with Crippen LogP contribution in [-0.4, -0.2) is 15.6 Å². The number of benzene rings is 1. The normalized spacial score (nSPS) is 10.5. The average Bonchev–Trinajstić information content (AvgIpc) is 2.79. The molecule has 88 valence electrons. The summed E-state index contributed by atoms with van der Waals surface area (Å²) in [5.74, 6) is 0.849. The zero-order valence-corrected chi connectivity index (χ0v) is 12.2. The minimum atomic E-state index is 0.664. The largest absolute Gasteiger partial charge is 0.298 e. The molecular weight excluding hydrogens is 320 g/mol. The number of halogens is 1. The second-order valence-electron chi connectivity index (χ2n) is 3.23. The van der Waals surface area contributed by atoms with E-state index in [0.29, 0.717) is 5.56 Å². The third kappa shape index (κ3) is 3.14. The molecule has 2 rings (SSSR count). The summed E-state index contributed by atoms with van der Waals surface area (Å²) in [5.41, 5.74) is 0.664. The van der Waals surface area contributed by atoms with Gasteiger partial charge in [-0.3, -0.25) is 4.79 Å². The van der Waals surface area contributed by atoms with Gasteiger partial charge in [0.25, 0.3) is 0 Å². The first-order valence-corrected chi connectivity index (χ1v) is 7.36. The van der Waals surface area contributed by atoms with Crippen LogP contribution in [0, 0.1) is 0 Å². The molecule has 0 N–H and O–H groups in total. The van der Waals surface area contributed by atoms with Gasteiger partial charge in [-0.1, -0.05) is 34.6 Å². The van der Waals surface area contributed by atoms with E-state index in [9.17, 15) is 4.79 Å². The number of aromatic nitrogens is 2. The molecule has 17 heavy (non-hydrogen) atoms. The molecular formula is C11H9BrN2OS2. The van der Waals surface area contributed by atoms with Gasteiger partial charge in [-0.25, -0.2) is 4.98 Å². The van der Waals surface area contributed by atoms with Gasteiger partial charge in [-0.05, 0) is 29.7 Å². The van der Waals surface area contributed by atoms with Crippen LogP contribution in [0.3, 0.4) is 0 Å². The summed E-state index contributed by atoms with van der Waals surface area (Å²) in [6.07, 6.45) is 1.69. The molecule has 0 aliphatic rings. The van der Waals surface area contributed by atoms with E-state index in [2.05, 4.69) is 25.3 Å². The molecule has 2 aromatic rings. The molecule has 0 atom stereocenters. The third-order valence-corrected chi connectivity index (χ3v) is 4.44. The van der Waals surface area contributed by atoms with Crippen LogP contribution in [0.4, 0.5) is 0 Å². The van der Waals surface area contributed by atoms with Crippen molar-refractivity contribution in [2.45, 2.75) is 22.6 Å². The van der Waals surface area contributed by atoms with Crippen molar-refractivity contribution < 1.29 is 4.79 Å². The van der Waals surface area contributed by atoms with Crippen molar-refractivity contribution in [1.29, 1.82) is 0 Å². The number of aryl methyl sites for hydroxylation is 1. The summed E-state index contributed by atoms with van der Waals surface area (Å²) in [4.78, 5) is 16.2. The minimum absolute atomic E-state index is 0.664. The Morgan fingerprint density at radius 2 is 2.35 bits per heavy atom. The molecule has 0 radical (unpaired) electrons. The van der Waals surface area contributed by atoms with Crippen molar-refractivity contribution in [2.24, 2.45) is 0 Å². The second kappa shape index (κ2) is 5.75. The number of rotatable bonds is 4. The van der Waals surface area contributed by atoms with Crippen LogP contribution in [0.25, 0.3) is 0 Å². The highest BCUT2D eigenvalue weighted by Crippen LogP contribution is 2.32. The quantitative estimate of drug-likeness (QED) is 0.800. The van der Waals surface area contributed by atoms with Crippen LogP contribution >= 0.6 is 39.2 Å². The van der Waals surface area contributed by atoms with Crippen LogP contribution in [0.1, 0.15) is 23.1 Å². The van der Waals surface area contributed by atoms with Crippen molar-refractivity contribution in [1.82, 2.24) is 9.36 Å². The summed E-state index contributed by atoms with van der Waals surface area (Å²) < 4.78 is 5.98. The zero-order chi connectivity index (χ0) is 12.3. The Bertz CT molecular complexity index is 542. The molecule has 3 nitrogen and oxygen atoms in total. The molecule has 0 fully saturated rings. The molecule has 0 bridgehead atoms. The predicted molar refractivity (Wildman–Crippen MR) is 72.9 cm³/mol. The molecule has 6 heteroatoms. The van der Waals surface area contributed by atoms with E-state index in [1.165, 1.54) is 23.3 Å². The molecule has 1 aromatic carbocycles. The fourth-order valence-electron chi connectivity index (χ4n) is 1.22. The van der Waals surface area contributed by atoms with Gasteiger partial charge in [0.05, 0.1) is 0 Å². The van der Waals surface area contributed by atoms with Gasteiger partial charge < -0.3 is 0 Å². The highest BCUT2D eigenvalue weighted by atomic mass is 79.9. The molecule has 0 saturated heterocycles. The molecule has 0 spiro atoms. The SMILES string of the molecule is CCc1nsc(Sc2ccc(Br)cc2C=O)n1. The summed E-state index contributed by atoms with van der Waals surface area (Å²) in [5, 5.41) is 0. The van der Waals surface area contributed by atoms with E-state index in [0.717, 1.165) is 32.2 Å². The summed E-state index contributed by atoms with van der Waals surface area (Å²) >= 11 is 6.19. The molecule has 1 heterocycles. The maximum absolute atomic E-state index is 11.0. The fraction of sp³-hybridized carbons (Fsp3) is 0.182. The first kappa shape index (κ1) is 12.7. The lowest BCUT2D eigenvalue weighted by molar-refractivity contribution is 0.112. The van der Waals surface area contributed by atoms with E-state index in [1.807, 2.05) is 19.1 Å². The lowest BCUT2D eigenvalue weighted by Gasteiger charge is -2.01. The molecule has 0 amide bonds. The number of hydrogen-bond acceptors (Lipinski definition) is 5. The molecule has 0 unspecified atom stereocenters. The van der Waals surface area contributed by atoms with E-state index in [4.69, 9.17) is 0 Å². The Morgan fingerprint density at radius 3 is 3.00 bits per heavy atom. The monoisotopic (exact) mass is 328 g/mol. The second-order valence-corrected chi connectivity index (χ2v) is 6.19. The van der Waals surface area contributed by atoms with Crippen molar-refractivity contribution in [2.75, 3.05) is 0 Å². The van der Waals surface area contributed by atoms with E-state index in [-0.39, 0.29) is 0 Å². The fourth-order valence-corrected chi connectivity index (χ4v) is 3.33. The topological polar surface area (TPSA) is 42.9 Å². The van der Waals surface area contributed by atoms with Crippen molar-refractivity contribution >= 4 is 45.5 Å². The molecule has 0 aliphatic heterocycles. The first-order chi connectivity index (χ1) is 8.22. The van der Waals surface area contributed by atoms with Crippen LogP contribution in [0.15, 0.2) is 31.9 Å². The third-order valence-electron chi connectivity index (χ3n) is 2.06. The number of nitrogens with zero attached hydrogens (tertiary/aromatic N) is 2. The van der Waals surface area contributed by atoms with E-state index >= 15 is 0 Å². The van der Waals surface area contributed by atoms with Gasteiger partial charge in [0, 0.05) is 21.4 Å². The Hall–Kier alpha value is -0.720. The van der Waals surface area contributed by atoms with E-state index < -0.39 is 0 Å². The van der Waals surface area contributed by atoms with E-state index in [1.54, 1.807) is 6.07 Å². The number of aldehydes is 1. The molecule has 0 saturated carbocycles. The zero-order valence-electron chi connectivity index (χ0n) is 9.01. The number of hydrogen-bond donors (Lipinski definition) is 0. The van der Waals surface area contributed by atoms with Gasteiger partial charge in [0.2, 0.25) is 0 Å². The highest BCUT2D eigenvalue weighted by molar-refractivity contribution is 9.10. The van der Waals surface area contributed by atoms with Gasteiger partial charge in [0.15, 0.2) is 10.6 Å². The number of carbonyl (C=O) groups is 1. The van der Waals surface area contributed by atoms with Gasteiger partial charge in [0.1, 0.15) is 5.82 Å². The van der Waals surface area contributed by atoms with Gasteiger partial charge in [-0.2, -0.15) is 4.37 Å². The Kier molecular flexibility index (Phi) is 4.31. The van der Waals surface area contributed by atoms with Gasteiger partial charge >= 0.3 is 0 Å². The summed E-state index contributed by atoms with van der Waals surface area (Å²) in [6.45, 7) is 2.02. The van der Waals surface area contributed by atoms with Crippen LogP contribution < -0.4 is 0 Å². The maximum Gasteiger partial charge on any atom is 0.174 e. The van der Waals surface area contributed by atoms with Crippen LogP contribution in [0.5, 0.6) is 0 Å². The van der Waals surface area contributed by atoms with Crippen molar-refractivity contribution in [3.8, 4) is 0 Å². The van der Waals surface area contributed by atoms with Crippen LogP contribution in [0.2, 0.25) is 0 Å². The van der Waals surface area contributed by atoms with Gasteiger partial charge in [-0.15, -0.1) is 0 Å². The smallest absolute Gasteiger partial charge is 0.174 e. The first-order valence-electron chi connectivity index (χ1n) is 4.98. The lowest BCUT2D eigenvalue weighted by atomic mass is 10.2. The lowest BCUT2D eigenvalue weighted by Crippen LogP contribution is -1.85. The Morgan fingerprint density at radius 1 is 1.53 bits per heavy atom. The average molecular weight is 329 g/mol. The van der Waals surface area contributed by atoms with Crippen molar-refractivity contribution in [3.63, 3.8) is 0 Å². The van der Waals surface area contributed by atoms with Crippen molar-refractivity contribution in [3.05, 3.63) is 34.1 Å². The molecule has 1 aromatic heterocycles. The summed E-state index contributed by atoms with van der Waals surface area (Å²) in [6, 6.07) is 5.62. The Balaban J connectivity index is 2.26. The minimum Gasteiger partial charge on any atom is -0.298 e. The Labute approximate surface area is 116 Å². The maximum atomic E-state index is 11.0. The highest BCUT2D eigenvalue weighted by Gasteiger charge is 2.08. The number of carbonyl (C=O) groups excluding carboxylic acids is 1. The molecule has 0 aliphatic carbocycles. The predicted octanol–water partition coefficient (Wildman–Crippen LogP) is 3.83.